The Morgan fingerprint density at radius 3 is 2.70 bits per heavy atom. The van der Waals surface area contributed by atoms with E-state index in [4.69, 9.17) is 0 Å². The summed E-state index contributed by atoms with van der Waals surface area (Å²) in [5.74, 6) is 1.30. The van der Waals surface area contributed by atoms with E-state index >= 15 is 0 Å². The lowest BCUT2D eigenvalue weighted by atomic mass is 9.38. The molecule has 0 amide bonds. The number of carbonyl (C=O) groups is 1. The largest absolute Gasteiger partial charge is 0.392 e. The summed E-state index contributed by atoms with van der Waals surface area (Å²) < 4.78 is 0. The zero-order valence-electron chi connectivity index (χ0n) is 16.5. The van der Waals surface area contributed by atoms with Crippen molar-refractivity contribution in [2.75, 3.05) is 13.1 Å². The minimum atomic E-state index is -0.365. The fourth-order valence-electron chi connectivity index (χ4n) is 7.93. The molecule has 3 heteroatoms. The fraction of sp³-hybridized carbons (Fsp3) is 0.708. The second-order valence-electron chi connectivity index (χ2n) is 10.7. The zero-order chi connectivity index (χ0) is 18.7. The number of Topliss-reactive ketones (excluding diaryl/α,β-unsaturated/α-hetero) is 1. The molecule has 0 aromatic heterocycles. The van der Waals surface area contributed by atoms with Crippen molar-refractivity contribution in [3.05, 3.63) is 35.9 Å². The number of carbonyl (C=O) groups excluding carboxylic acids is 1. The molecule has 1 aliphatic heterocycles. The van der Waals surface area contributed by atoms with E-state index < -0.39 is 0 Å². The molecule has 6 atom stereocenters. The lowest BCUT2D eigenvalue weighted by molar-refractivity contribution is -0.159. The van der Waals surface area contributed by atoms with Crippen LogP contribution in [0.5, 0.6) is 0 Å². The molecular formula is C24H33NO2. The molecule has 4 aliphatic carbocycles. The van der Waals surface area contributed by atoms with Crippen LogP contribution >= 0.6 is 0 Å². The molecule has 1 aromatic carbocycles. The predicted octanol–water partition coefficient (Wildman–Crippen LogP) is 3.84. The van der Waals surface area contributed by atoms with Gasteiger partial charge in [0.15, 0.2) is 0 Å². The lowest BCUT2D eigenvalue weighted by Crippen LogP contribution is -2.60. The third kappa shape index (κ3) is 2.89. The highest BCUT2D eigenvalue weighted by Crippen LogP contribution is 2.70. The lowest BCUT2D eigenvalue weighted by Gasteiger charge is -2.66. The number of hydrogen-bond donors (Lipinski definition) is 2. The van der Waals surface area contributed by atoms with E-state index in [0.717, 1.165) is 32.2 Å². The number of piperidine rings is 1. The highest BCUT2D eigenvalue weighted by molar-refractivity contribution is 5.86. The van der Waals surface area contributed by atoms with Crippen molar-refractivity contribution in [1.29, 1.82) is 0 Å². The molecule has 4 saturated carbocycles. The predicted molar refractivity (Wildman–Crippen MR) is 106 cm³/mol. The summed E-state index contributed by atoms with van der Waals surface area (Å²) >= 11 is 0. The Morgan fingerprint density at radius 1 is 1.15 bits per heavy atom. The number of nitrogens with one attached hydrogen (secondary N) is 1. The summed E-state index contributed by atoms with van der Waals surface area (Å²) in [6.07, 6.45) is 8.15. The van der Waals surface area contributed by atoms with Crippen LogP contribution in [0.1, 0.15) is 63.9 Å². The molecule has 6 rings (SSSR count). The summed E-state index contributed by atoms with van der Waals surface area (Å²) in [7, 11) is 0. The van der Waals surface area contributed by atoms with E-state index in [-0.39, 0.29) is 22.9 Å². The van der Waals surface area contributed by atoms with Crippen LogP contribution in [0.2, 0.25) is 0 Å². The molecule has 0 radical (unpaired) electrons. The fourth-order valence-corrected chi connectivity index (χ4v) is 7.93. The third-order valence-corrected chi connectivity index (χ3v) is 8.36. The van der Waals surface area contributed by atoms with Gasteiger partial charge in [-0.25, -0.2) is 0 Å². The number of hydrogen-bond acceptors (Lipinski definition) is 3. The number of benzene rings is 1. The Bertz CT molecular complexity index is 733. The van der Waals surface area contributed by atoms with Crippen LogP contribution in [0.15, 0.2) is 30.3 Å². The number of β-amino-alcohol motifs (C(OH)–C–C–N with tert-alkyl or cyclic N) is 1. The van der Waals surface area contributed by atoms with Gasteiger partial charge in [-0.1, -0.05) is 37.3 Å². The van der Waals surface area contributed by atoms with Crippen molar-refractivity contribution >= 4 is 5.78 Å². The van der Waals surface area contributed by atoms with E-state index in [2.05, 4.69) is 42.6 Å². The summed E-state index contributed by atoms with van der Waals surface area (Å²) in [6, 6.07) is 11.0. The van der Waals surface area contributed by atoms with Gasteiger partial charge in [0, 0.05) is 18.4 Å². The van der Waals surface area contributed by atoms with Crippen molar-refractivity contribution in [3.63, 3.8) is 0 Å². The number of aliphatic hydroxyl groups is 1. The molecule has 5 aliphatic rings. The van der Waals surface area contributed by atoms with Crippen molar-refractivity contribution < 1.29 is 9.90 Å². The van der Waals surface area contributed by atoms with Crippen LogP contribution in [0, 0.1) is 22.7 Å². The first-order valence-corrected chi connectivity index (χ1v) is 10.9. The molecule has 2 N–H and O–H groups in total. The van der Waals surface area contributed by atoms with Crippen LogP contribution < -0.4 is 5.32 Å². The van der Waals surface area contributed by atoms with Gasteiger partial charge in [-0.05, 0) is 79.7 Å². The number of ketones is 1. The smallest absolute Gasteiger partial charge is 0.139 e. The first-order valence-electron chi connectivity index (χ1n) is 10.9. The average Bonchev–Trinajstić information content (AvgIpc) is 2.62. The van der Waals surface area contributed by atoms with Crippen LogP contribution in [0.4, 0.5) is 0 Å². The minimum Gasteiger partial charge on any atom is -0.392 e. The molecule has 146 valence electrons. The molecule has 27 heavy (non-hydrogen) atoms. The van der Waals surface area contributed by atoms with Crippen LogP contribution in [0.3, 0.4) is 0 Å². The number of aliphatic hydroxyl groups excluding tert-OH is 1. The second kappa shape index (κ2) is 6.15. The van der Waals surface area contributed by atoms with Gasteiger partial charge in [0.2, 0.25) is 0 Å². The molecule has 0 spiro atoms. The number of rotatable bonds is 4. The molecule has 2 unspecified atom stereocenters. The standard InChI is InChI=1S/C24H33NO2/c1-22-10-17-11-23(14-22,19-5-3-2-4-6-19)16-24(12-17,15-22)21(27)9-18-7-8-25-13-20(18)26/h2-6,17-18,20,25-26H,7-16H2,1H3/t17?,18-,20+,22+,23+,24?/m0/s1. The van der Waals surface area contributed by atoms with E-state index in [0.29, 0.717) is 30.1 Å². The van der Waals surface area contributed by atoms with Gasteiger partial charge in [-0.2, -0.15) is 0 Å². The molecule has 1 saturated heterocycles. The van der Waals surface area contributed by atoms with Crippen molar-refractivity contribution in [2.45, 2.75) is 69.8 Å². The van der Waals surface area contributed by atoms with Gasteiger partial charge in [0.05, 0.1) is 6.10 Å². The second-order valence-corrected chi connectivity index (χ2v) is 10.7. The highest BCUT2D eigenvalue weighted by Gasteiger charge is 2.64. The molecule has 1 aromatic rings. The Labute approximate surface area is 162 Å². The molecule has 3 nitrogen and oxygen atoms in total. The molecule has 5 fully saturated rings. The van der Waals surface area contributed by atoms with Crippen LogP contribution in [0.25, 0.3) is 0 Å². The van der Waals surface area contributed by atoms with Crippen molar-refractivity contribution in [2.24, 2.45) is 22.7 Å². The maximum absolute atomic E-state index is 13.7. The first kappa shape index (κ1) is 17.9. The van der Waals surface area contributed by atoms with Gasteiger partial charge >= 0.3 is 0 Å². The summed E-state index contributed by atoms with van der Waals surface area (Å²) in [5.41, 5.74) is 1.81. The molecular weight excluding hydrogens is 334 g/mol. The Hall–Kier alpha value is -1.19. The summed E-state index contributed by atoms with van der Waals surface area (Å²) in [4.78, 5) is 13.7. The van der Waals surface area contributed by atoms with Gasteiger partial charge in [-0.3, -0.25) is 4.79 Å². The third-order valence-electron chi connectivity index (χ3n) is 8.36. The zero-order valence-corrected chi connectivity index (χ0v) is 16.5. The highest BCUT2D eigenvalue weighted by atomic mass is 16.3. The van der Waals surface area contributed by atoms with E-state index in [1.54, 1.807) is 0 Å². The first-order chi connectivity index (χ1) is 12.9. The van der Waals surface area contributed by atoms with Crippen LogP contribution in [-0.4, -0.2) is 30.1 Å². The SMILES string of the molecule is C[C@]12CC3CC(C(=O)C[C@@H]4CCNC[C@H]4O)(C1)C[C@@](c1ccccc1)(C3)C2. The van der Waals surface area contributed by atoms with Crippen molar-refractivity contribution in [1.82, 2.24) is 5.32 Å². The van der Waals surface area contributed by atoms with E-state index in [1.807, 2.05) is 0 Å². The van der Waals surface area contributed by atoms with Gasteiger partial charge in [0.1, 0.15) is 5.78 Å². The van der Waals surface area contributed by atoms with Gasteiger partial charge in [-0.15, -0.1) is 0 Å². The van der Waals surface area contributed by atoms with Crippen molar-refractivity contribution in [3.8, 4) is 0 Å². The maximum Gasteiger partial charge on any atom is 0.139 e. The normalized spacial score (nSPS) is 45.8. The summed E-state index contributed by atoms with van der Waals surface area (Å²) in [5, 5.41) is 13.6. The maximum atomic E-state index is 13.7. The molecule has 1 heterocycles. The molecule has 4 bridgehead atoms. The monoisotopic (exact) mass is 367 g/mol. The minimum absolute atomic E-state index is 0.144. The Morgan fingerprint density at radius 2 is 1.96 bits per heavy atom. The Kier molecular flexibility index (Phi) is 4.07. The summed E-state index contributed by atoms with van der Waals surface area (Å²) in [6.45, 7) is 4.01. The quantitative estimate of drug-likeness (QED) is 0.850. The average molecular weight is 368 g/mol. The van der Waals surface area contributed by atoms with Crippen LogP contribution in [-0.2, 0) is 10.2 Å². The topological polar surface area (TPSA) is 49.3 Å². The van der Waals surface area contributed by atoms with E-state index in [9.17, 15) is 9.90 Å². The van der Waals surface area contributed by atoms with Gasteiger partial charge < -0.3 is 10.4 Å². The van der Waals surface area contributed by atoms with E-state index in [1.165, 1.54) is 24.8 Å². The van der Waals surface area contributed by atoms with Gasteiger partial charge in [0.25, 0.3) is 0 Å². The Balaban J connectivity index is 1.46.